The number of hydrogen-bond donors (Lipinski definition) is 1. The molecule has 182 valence electrons. The van der Waals surface area contributed by atoms with Crippen molar-refractivity contribution in [1.82, 2.24) is 23.9 Å². The molecule has 11 nitrogen and oxygen atoms in total. The topological polar surface area (TPSA) is 134 Å². The van der Waals surface area contributed by atoms with E-state index in [1.807, 2.05) is 16.7 Å². The van der Waals surface area contributed by atoms with Gasteiger partial charge in [-0.05, 0) is 37.8 Å². The van der Waals surface area contributed by atoms with Crippen molar-refractivity contribution >= 4 is 29.3 Å². The van der Waals surface area contributed by atoms with Gasteiger partial charge in [0.25, 0.3) is 5.56 Å². The van der Waals surface area contributed by atoms with Gasteiger partial charge < -0.3 is 15.1 Å². The molecule has 0 aromatic carbocycles. The van der Waals surface area contributed by atoms with Crippen LogP contribution in [0.25, 0.3) is 0 Å². The number of ketones is 1. The highest BCUT2D eigenvalue weighted by molar-refractivity contribution is 8.00. The van der Waals surface area contributed by atoms with E-state index in [-0.39, 0.29) is 11.4 Å². The van der Waals surface area contributed by atoms with Gasteiger partial charge in [-0.3, -0.25) is 23.3 Å². The van der Waals surface area contributed by atoms with Gasteiger partial charge in [-0.15, -0.1) is 10.2 Å². The van der Waals surface area contributed by atoms with E-state index < -0.39 is 22.3 Å². The predicted molar refractivity (Wildman–Crippen MR) is 129 cm³/mol. The van der Waals surface area contributed by atoms with Crippen molar-refractivity contribution in [3.8, 4) is 0 Å². The third-order valence-corrected chi connectivity index (χ3v) is 7.35. The highest BCUT2D eigenvalue weighted by Crippen LogP contribution is 2.30. The Hall–Kier alpha value is -3.28. The number of hydrogen-bond acceptors (Lipinski definition) is 9. The number of nitrogens with zero attached hydrogens (tertiary/aromatic N) is 6. The average molecular weight is 488 g/mol. The van der Waals surface area contributed by atoms with Crippen LogP contribution in [-0.2, 0) is 20.6 Å². The molecule has 0 spiro atoms. The first-order chi connectivity index (χ1) is 16.2. The van der Waals surface area contributed by atoms with E-state index >= 15 is 0 Å². The SMILES string of the molecule is CC1CCN(c2nnc(SC(C)C(=O)c3c(N)n(C)c(=O)n(C)c3=O)n2Cc2ccco2)CC1. The van der Waals surface area contributed by atoms with Crippen LogP contribution in [0.15, 0.2) is 37.6 Å². The molecule has 1 atom stereocenters. The Morgan fingerprint density at radius 2 is 1.94 bits per heavy atom. The maximum absolute atomic E-state index is 13.3. The molecule has 12 heteroatoms. The number of rotatable bonds is 7. The quantitative estimate of drug-likeness (QED) is 0.388. The monoisotopic (exact) mass is 487 g/mol. The molecule has 0 aliphatic carbocycles. The fourth-order valence-electron chi connectivity index (χ4n) is 4.01. The lowest BCUT2D eigenvalue weighted by atomic mass is 10.00. The van der Waals surface area contributed by atoms with E-state index in [1.165, 1.54) is 25.9 Å². The first-order valence-electron chi connectivity index (χ1n) is 11.2. The van der Waals surface area contributed by atoms with Crippen molar-refractivity contribution in [3.05, 3.63) is 50.6 Å². The van der Waals surface area contributed by atoms with Gasteiger partial charge in [0.2, 0.25) is 5.95 Å². The van der Waals surface area contributed by atoms with E-state index in [4.69, 9.17) is 10.2 Å². The highest BCUT2D eigenvalue weighted by atomic mass is 32.2. The minimum atomic E-state index is -0.710. The summed E-state index contributed by atoms with van der Waals surface area (Å²) in [5.41, 5.74) is 4.49. The van der Waals surface area contributed by atoms with Crippen molar-refractivity contribution in [1.29, 1.82) is 0 Å². The molecule has 0 radical (unpaired) electrons. The Morgan fingerprint density at radius 3 is 2.59 bits per heavy atom. The van der Waals surface area contributed by atoms with Gasteiger partial charge >= 0.3 is 5.69 Å². The van der Waals surface area contributed by atoms with Crippen LogP contribution in [-0.4, -0.2) is 48.0 Å². The molecule has 1 saturated heterocycles. The molecule has 4 heterocycles. The van der Waals surface area contributed by atoms with E-state index in [9.17, 15) is 14.4 Å². The lowest BCUT2D eigenvalue weighted by Gasteiger charge is -2.31. The molecule has 2 N–H and O–H groups in total. The molecular weight excluding hydrogens is 458 g/mol. The van der Waals surface area contributed by atoms with Gasteiger partial charge in [0, 0.05) is 27.2 Å². The number of piperidine rings is 1. The number of nitrogens with two attached hydrogens (primary N) is 1. The number of thioether (sulfide) groups is 1. The van der Waals surface area contributed by atoms with Crippen LogP contribution in [0.1, 0.15) is 42.8 Å². The summed E-state index contributed by atoms with van der Waals surface area (Å²) in [5.74, 6) is 1.51. The second-order valence-corrected chi connectivity index (χ2v) is 10.0. The smallest absolute Gasteiger partial charge is 0.332 e. The molecule has 3 aromatic heterocycles. The van der Waals surface area contributed by atoms with Gasteiger partial charge in [0.1, 0.15) is 17.1 Å². The number of aromatic nitrogens is 5. The van der Waals surface area contributed by atoms with Gasteiger partial charge in [0.05, 0.1) is 18.1 Å². The van der Waals surface area contributed by atoms with Crippen molar-refractivity contribution in [2.75, 3.05) is 23.7 Å². The average Bonchev–Trinajstić information content (AvgIpc) is 3.48. The molecule has 1 fully saturated rings. The van der Waals surface area contributed by atoms with Crippen LogP contribution in [0.4, 0.5) is 11.8 Å². The number of furan rings is 1. The summed E-state index contributed by atoms with van der Waals surface area (Å²) in [6, 6.07) is 3.69. The first-order valence-corrected chi connectivity index (χ1v) is 12.0. The molecule has 1 unspecified atom stereocenters. The van der Waals surface area contributed by atoms with E-state index in [2.05, 4.69) is 22.0 Å². The van der Waals surface area contributed by atoms with E-state index in [1.54, 1.807) is 13.2 Å². The summed E-state index contributed by atoms with van der Waals surface area (Å²) < 4.78 is 9.47. The third-order valence-electron chi connectivity index (χ3n) is 6.27. The van der Waals surface area contributed by atoms with Crippen LogP contribution in [0.3, 0.4) is 0 Å². The Bertz CT molecular complexity index is 1300. The van der Waals surface area contributed by atoms with Gasteiger partial charge in [-0.25, -0.2) is 4.79 Å². The fraction of sp³-hybridized carbons (Fsp3) is 0.500. The van der Waals surface area contributed by atoms with Crippen LogP contribution in [0.2, 0.25) is 0 Å². The molecule has 0 amide bonds. The number of carbonyl (C=O) groups is 1. The standard InChI is InChI=1S/C22H29N7O4S/c1-13-7-9-28(10-8-13)20-24-25-21(29(20)12-15-6-5-11-33-15)34-14(2)17(30)16-18(23)26(3)22(32)27(4)19(16)31/h5-6,11,13-14H,7-10,12,23H2,1-4H3. The molecule has 34 heavy (non-hydrogen) atoms. The molecule has 1 aliphatic heterocycles. The number of carbonyl (C=O) groups excluding carboxylic acids is 1. The third kappa shape index (κ3) is 4.41. The summed E-state index contributed by atoms with van der Waals surface area (Å²) in [4.78, 5) is 40.2. The lowest BCUT2D eigenvalue weighted by Crippen LogP contribution is -2.42. The molecule has 4 rings (SSSR count). The number of Topliss-reactive ketones (excluding diaryl/α,β-unsaturated/α-hetero) is 1. The Kier molecular flexibility index (Phi) is 6.69. The van der Waals surface area contributed by atoms with Crippen LogP contribution >= 0.6 is 11.8 Å². The summed E-state index contributed by atoms with van der Waals surface area (Å²) in [6.07, 6.45) is 3.75. The largest absolute Gasteiger partial charge is 0.467 e. The minimum absolute atomic E-state index is 0.147. The molecule has 1 aliphatic rings. The predicted octanol–water partition coefficient (Wildman–Crippen LogP) is 1.50. The summed E-state index contributed by atoms with van der Waals surface area (Å²) in [5, 5.41) is 8.65. The van der Waals surface area contributed by atoms with E-state index in [0.29, 0.717) is 17.6 Å². The van der Waals surface area contributed by atoms with Crippen LogP contribution < -0.4 is 21.9 Å². The Morgan fingerprint density at radius 1 is 1.24 bits per heavy atom. The summed E-state index contributed by atoms with van der Waals surface area (Å²) >= 11 is 1.19. The second-order valence-electron chi connectivity index (χ2n) is 8.71. The number of anilines is 2. The molecule has 0 bridgehead atoms. The van der Waals surface area contributed by atoms with Crippen LogP contribution in [0.5, 0.6) is 0 Å². The van der Waals surface area contributed by atoms with Crippen LogP contribution in [0, 0.1) is 5.92 Å². The zero-order valence-corrected chi connectivity index (χ0v) is 20.5. The summed E-state index contributed by atoms with van der Waals surface area (Å²) in [7, 11) is 2.75. The minimum Gasteiger partial charge on any atom is -0.467 e. The zero-order chi connectivity index (χ0) is 24.6. The van der Waals surface area contributed by atoms with Crippen molar-refractivity contribution < 1.29 is 9.21 Å². The maximum Gasteiger partial charge on any atom is 0.332 e. The molecule has 3 aromatic rings. The van der Waals surface area contributed by atoms with E-state index in [0.717, 1.165) is 46.8 Å². The van der Waals surface area contributed by atoms with Gasteiger partial charge in [-0.1, -0.05) is 18.7 Å². The maximum atomic E-state index is 13.3. The van der Waals surface area contributed by atoms with Crippen molar-refractivity contribution in [3.63, 3.8) is 0 Å². The first kappa shape index (κ1) is 23.9. The van der Waals surface area contributed by atoms with Crippen molar-refractivity contribution in [2.24, 2.45) is 20.0 Å². The number of nitrogen functional groups attached to an aromatic ring is 1. The van der Waals surface area contributed by atoms with Crippen molar-refractivity contribution in [2.45, 2.75) is 43.6 Å². The van der Waals surface area contributed by atoms with Gasteiger partial charge in [-0.2, -0.15) is 0 Å². The Labute approximate surface area is 200 Å². The Balaban J connectivity index is 1.65. The molecule has 0 saturated carbocycles. The zero-order valence-electron chi connectivity index (χ0n) is 19.7. The fourth-order valence-corrected chi connectivity index (χ4v) is 4.92. The normalized spacial score (nSPS) is 15.6. The summed E-state index contributed by atoms with van der Waals surface area (Å²) in [6.45, 7) is 6.09. The van der Waals surface area contributed by atoms with Gasteiger partial charge in [0.15, 0.2) is 10.9 Å². The second kappa shape index (κ2) is 9.53. The lowest BCUT2D eigenvalue weighted by molar-refractivity contribution is 0.0992. The molecular formula is C22H29N7O4S. The highest BCUT2D eigenvalue weighted by Gasteiger charge is 2.29.